The Hall–Kier alpha value is -16.0. The van der Waals surface area contributed by atoms with Crippen LogP contribution in [0.15, 0.2) is 422 Å². The molecule has 0 spiro atoms. The van der Waals surface area contributed by atoms with E-state index in [1.54, 1.807) is 12.2 Å². The lowest BCUT2D eigenvalue weighted by Gasteiger charge is -2.35. The second kappa shape index (κ2) is 30.0. The van der Waals surface area contributed by atoms with Crippen molar-refractivity contribution < 1.29 is 35.9 Å². The van der Waals surface area contributed by atoms with Crippen molar-refractivity contribution >= 4 is 90.2 Å². The molecule has 0 N–H and O–H groups in total. The van der Waals surface area contributed by atoms with Crippen molar-refractivity contribution in [3.8, 4) is 78.6 Å². The van der Waals surface area contributed by atoms with E-state index in [1.807, 2.05) is 206 Å². The molecule has 0 saturated carbocycles. The molecule has 0 bridgehead atoms. The predicted molar refractivity (Wildman–Crippen MR) is 494 cm³/mol. The van der Waals surface area contributed by atoms with Gasteiger partial charge in [0.2, 0.25) is 0 Å². The molecule has 10 heteroatoms. The number of nitrogens with zero attached hydrogens (tertiary/aromatic N) is 2. The number of hydrogen-bond acceptors (Lipinski definition) is 6. The van der Waals surface area contributed by atoms with Gasteiger partial charge < -0.3 is 28.1 Å². The van der Waals surface area contributed by atoms with Crippen molar-refractivity contribution in [2.75, 3.05) is 9.80 Å². The molecule has 2 aliphatic carbocycles. The number of fused-ring (bicyclic) bond motifs is 12. The summed E-state index contributed by atoms with van der Waals surface area (Å²) in [6, 6.07) is 130. The van der Waals surface area contributed by atoms with Gasteiger partial charge in [0.25, 0.3) is 0 Å². The number of para-hydroxylation sites is 4. The second-order valence-electron chi connectivity index (χ2n) is 31.5. The van der Waals surface area contributed by atoms with Crippen LogP contribution in [0.2, 0.25) is 0 Å². The highest BCUT2D eigenvalue weighted by Crippen LogP contribution is 2.61. The number of hydrogen-bond donors (Lipinski definition) is 0. The Kier molecular flexibility index (Phi) is 18.0. The number of ether oxygens (including phenoxy) is 2. The molecule has 0 radical (unpaired) electrons. The minimum atomic E-state index is -0.991. The predicted octanol–water partition coefficient (Wildman–Crippen LogP) is 31.6. The number of anilines is 6. The van der Waals surface area contributed by atoms with Crippen LogP contribution in [0, 0.1) is 23.3 Å². The molecule has 2 atom stereocenters. The molecular weight excluding hydrogens is 1540 g/mol. The van der Waals surface area contributed by atoms with E-state index in [9.17, 15) is 0 Å². The molecule has 20 aromatic rings. The fraction of sp³-hybridized carbons (Fsp3) is 0.0175. The maximum atomic E-state index is 17.2. The molecule has 22 rings (SSSR count). The molecule has 124 heavy (non-hydrogen) atoms. The highest BCUT2D eigenvalue weighted by Gasteiger charge is 2.49. The topological polar surface area (TPSA) is 51.2 Å². The van der Waals surface area contributed by atoms with Gasteiger partial charge in [-0.05, 0) is 259 Å². The fourth-order valence-corrected chi connectivity index (χ4v) is 19.1. The van der Waals surface area contributed by atoms with Crippen molar-refractivity contribution in [1.29, 1.82) is 0 Å². The molecule has 18 aromatic carbocycles. The molecule has 2 unspecified atom stereocenters. The fourth-order valence-electron chi connectivity index (χ4n) is 19.1. The third-order valence-corrected chi connectivity index (χ3v) is 24.8. The van der Waals surface area contributed by atoms with E-state index in [4.69, 9.17) is 18.3 Å². The number of halogens is 4. The first-order valence-electron chi connectivity index (χ1n) is 41.2. The van der Waals surface area contributed by atoms with E-state index in [-0.39, 0.29) is 11.6 Å². The van der Waals surface area contributed by atoms with Crippen molar-refractivity contribution in [2.24, 2.45) is 0 Å². The number of rotatable bonds is 19. The van der Waals surface area contributed by atoms with E-state index in [0.717, 1.165) is 133 Å². The molecule has 0 fully saturated rings. The largest absolute Gasteiger partial charge is 0.457 e. The van der Waals surface area contributed by atoms with E-state index in [1.165, 1.54) is 36.4 Å². The maximum Gasteiger partial charge on any atom is 0.143 e. The first kappa shape index (κ1) is 74.3. The van der Waals surface area contributed by atoms with Crippen LogP contribution in [0.5, 0.6) is 23.0 Å². The molecule has 590 valence electrons. The zero-order valence-corrected chi connectivity index (χ0v) is 66.7. The van der Waals surface area contributed by atoms with Crippen LogP contribution in [-0.4, -0.2) is 0 Å². The summed E-state index contributed by atoms with van der Waals surface area (Å²) in [6.07, 6.45) is 3.59. The minimum absolute atomic E-state index is 0.354. The number of furan rings is 2. The lowest BCUT2D eigenvalue weighted by Crippen LogP contribution is -2.29. The molecule has 0 amide bonds. The molecule has 2 aromatic heterocycles. The molecular formula is C114H72F4N2O4. The SMILES string of the molecule is C=Cc1ccc(Oc2ccc(C3(c4ccc(F)cc4)c4ccccc4-c4ccc(N(c5ccc(-c6ccc(N(c7ccc(F)c(-c8cccc9c8oc8ccccc89)c7)c7ccc8c(c7)C(c7ccc(F)cc7)(c7ccc(Oc9ccc(C=C)cc9)cc7)c7ccccc7-8)cc6)cc5)c5ccc(F)c(-c6cccc7c6oc6ccccc67)c5)cc43)cc2)cc1. The average molecular weight is 1610 g/mol. The highest BCUT2D eigenvalue weighted by atomic mass is 19.1. The van der Waals surface area contributed by atoms with Crippen LogP contribution < -0.4 is 19.3 Å². The van der Waals surface area contributed by atoms with Crippen LogP contribution in [0.3, 0.4) is 0 Å². The Morgan fingerprint density at radius 2 is 0.556 bits per heavy atom. The molecule has 6 nitrogen and oxygen atoms in total. The molecule has 0 aliphatic heterocycles. The van der Waals surface area contributed by atoms with Gasteiger partial charge in [-0.2, -0.15) is 0 Å². The summed E-state index contributed by atoms with van der Waals surface area (Å²) in [5.74, 6) is 1.08. The van der Waals surface area contributed by atoms with E-state index in [0.29, 0.717) is 79.0 Å². The lowest BCUT2D eigenvalue weighted by atomic mass is 9.67. The van der Waals surface area contributed by atoms with E-state index in [2.05, 4.69) is 181 Å². The van der Waals surface area contributed by atoms with Gasteiger partial charge in [0, 0.05) is 77.9 Å². The summed E-state index contributed by atoms with van der Waals surface area (Å²) in [4.78, 5) is 4.33. The first-order valence-corrected chi connectivity index (χ1v) is 41.2. The maximum absolute atomic E-state index is 17.2. The van der Waals surface area contributed by atoms with E-state index < -0.39 is 22.5 Å². The standard InChI is InChI=1S/C114H72F4N2O4/c1-3-71-27-55-87(56-28-71)121-89-59-39-77(40-60-89)113(75-35-43-79(115)44-36-75)103-23-9-5-15-91(103)93-63-51-85(69-105(93)113)119(83-53-65-107(117)101(67-83)99-21-13-19-97-95-17-7-11-25-109(95)123-111(97)99)81-47-31-73(32-48-81)74-33-49-82(50-34-74)120(84-54-66-108(118)102(68-84)100-22-14-20-98-96-18-8-12-26-110(96)124-112(98)100)86-52-64-94-92-16-6-10-24-104(92)114(106(94)70-86,76-37-45-80(116)46-38-76)78-41-61-90(62-42-78)122-88-57-29-72(4-2)30-58-88/h3-70H,1-2H2. The smallest absolute Gasteiger partial charge is 0.143 e. The van der Waals surface area contributed by atoms with Gasteiger partial charge >= 0.3 is 0 Å². The van der Waals surface area contributed by atoms with Gasteiger partial charge in [-0.3, -0.25) is 0 Å². The van der Waals surface area contributed by atoms with Gasteiger partial charge in [0.1, 0.15) is 68.6 Å². The third kappa shape index (κ3) is 12.3. The van der Waals surface area contributed by atoms with Gasteiger partial charge in [0.15, 0.2) is 0 Å². The van der Waals surface area contributed by atoms with Crippen LogP contribution in [-0.2, 0) is 10.8 Å². The summed E-state index contributed by atoms with van der Waals surface area (Å²) in [7, 11) is 0. The summed E-state index contributed by atoms with van der Waals surface area (Å²) in [5, 5.41) is 3.61. The molecule has 0 saturated heterocycles. The average Bonchev–Trinajstić information content (AvgIpc) is 1.53. The van der Waals surface area contributed by atoms with Crippen molar-refractivity contribution in [3.05, 3.63) is 492 Å². The Bertz CT molecular complexity index is 7160. The third-order valence-electron chi connectivity index (χ3n) is 24.8. The monoisotopic (exact) mass is 1610 g/mol. The number of benzene rings is 18. The van der Waals surface area contributed by atoms with Crippen LogP contribution in [0.1, 0.15) is 55.6 Å². The van der Waals surface area contributed by atoms with Crippen molar-refractivity contribution in [1.82, 2.24) is 0 Å². The summed E-state index contributed by atoms with van der Waals surface area (Å²) in [5.41, 5.74) is 22.3. The zero-order chi connectivity index (χ0) is 83.3. The Morgan fingerprint density at radius 3 is 0.944 bits per heavy atom. The van der Waals surface area contributed by atoms with Gasteiger partial charge in [-0.1, -0.05) is 256 Å². The normalized spacial score (nSPS) is 14.3. The first-order chi connectivity index (χ1) is 60.9. The van der Waals surface area contributed by atoms with Gasteiger partial charge in [0.05, 0.1) is 10.8 Å². The summed E-state index contributed by atoms with van der Waals surface area (Å²) >= 11 is 0. The van der Waals surface area contributed by atoms with Crippen LogP contribution in [0.25, 0.3) is 112 Å². The van der Waals surface area contributed by atoms with E-state index >= 15 is 17.6 Å². The summed E-state index contributed by atoms with van der Waals surface area (Å²) < 4.78 is 91.6. The van der Waals surface area contributed by atoms with Gasteiger partial charge in [-0.25, -0.2) is 17.6 Å². The molecule has 2 heterocycles. The molecule has 2 aliphatic rings. The van der Waals surface area contributed by atoms with Crippen molar-refractivity contribution in [3.63, 3.8) is 0 Å². The van der Waals surface area contributed by atoms with Crippen molar-refractivity contribution in [2.45, 2.75) is 10.8 Å². The Balaban J connectivity index is 0.687. The minimum Gasteiger partial charge on any atom is -0.457 e. The van der Waals surface area contributed by atoms with Crippen LogP contribution >= 0.6 is 0 Å². The van der Waals surface area contributed by atoms with Gasteiger partial charge in [-0.15, -0.1) is 0 Å². The highest BCUT2D eigenvalue weighted by molar-refractivity contribution is 6.11. The Morgan fingerprint density at radius 1 is 0.250 bits per heavy atom. The summed E-state index contributed by atoms with van der Waals surface area (Å²) in [6.45, 7) is 7.85. The quantitative estimate of drug-likeness (QED) is 0.0752. The van der Waals surface area contributed by atoms with Crippen LogP contribution in [0.4, 0.5) is 51.7 Å². The lowest BCUT2D eigenvalue weighted by molar-refractivity contribution is 0.482. The Labute approximate surface area is 713 Å². The zero-order valence-electron chi connectivity index (χ0n) is 66.7. The second-order valence-corrected chi connectivity index (χ2v) is 31.5.